The molecule has 339 valence electrons. The van der Waals surface area contributed by atoms with Gasteiger partial charge in [-0.05, 0) is 0 Å². The van der Waals surface area contributed by atoms with E-state index in [4.69, 9.17) is 58.1 Å². The van der Waals surface area contributed by atoms with Crippen LogP contribution in [0, 0.1) is 17.8 Å². The van der Waals surface area contributed by atoms with E-state index in [9.17, 15) is 50.5 Å². The summed E-state index contributed by atoms with van der Waals surface area (Å²) in [6, 6.07) is 0. The molecule has 0 aliphatic carbocycles. The third-order valence-corrected chi connectivity index (χ3v) is 9.95. The van der Waals surface area contributed by atoms with Crippen LogP contribution in [0.4, 0.5) is 0 Å². The SMILES string of the molecule is COC1OC(CO)C(O)C(O)C1C.COC1OC(CO)C(O)C(O)C1C.COC1OC(CO)C(O)C(O)C1C.COC1OC(CO[PH](=O)O)C(O)C(O)C1O.[W].[Y]. The molecule has 57 heavy (non-hydrogen) atoms. The van der Waals surface area contributed by atoms with Gasteiger partial charge in [0.25, 0.3) is 0 Å². The van der Waals surface area contributed by atoms with Gasteiger partial charge in [0, 0.05) is 100.0 Å². The Morgan fingerprint density at radius 1 is 0.456 bits per heavy atom. The van der Waals surface area contributed by atoms with Gasteiger partial charge in [-0.25, -0.2) is 0 Å². The van der Waals surface area contributed by atoms with Crippen molar-refractivity contribution in [2.75, 3.05) is 54.9 Å². The van der Waals surface area contributed by atoms with Crippen molar-refractivity contribution in [3.63, 3.8) is 0 Å². The first-order valence-electron chi connectivity index (χ1n) is 17.4. The van der Waals surface area contributed by atoms with Crippen molar-refractivity contribution < 1.29 is 167 Å². The second kappa shape index (κ2) is 30.3. The van der Waals surface area contributed by atoms with Gasteiger partial charge in [-0.3, -0.25) is 4.57 Å². The molecular formula is C31H63O23PWY. The molecule has 0 amide bonds. The van der Waals surface area contributed by atoms with Crippen molar-refractivity contribution in [1.82, 2.24) is 0 Å². The molecule has 13 N–H and O–H groups in total. The van der Waals surface area contributed by atoms with Gasteiger partial charge in [-0.1, -0.05) is 20.8 Å². The predicted molar refractivity (Wildman–Crippen MR) is 183 cm³/mol. The summed E-state index contributed by atoms with van der Waals surface area (Å²) in [7, 11) is 2.49. The molecule has 0 bridgehead atoms. The van der Waals surface area contributed by atoms with Crippen LogP contribution in [0.25, 0.3) is 0 Å². The first-order chi connectivity index (χ1) is 25.8. The molecular weight excluding hydrogens is 1040 g/mol. The molecule has 23 nitrogen and oxygen atoms in total. The molecule has 26 heteroatoms. The zero-order valence-corrected chi connectivity index (χ0v) is 39.5. The summed E-state index contributed by atoms with van der Waals surface area (Å²) < 4.78 is 54.9. The third kappa shape index (κ3) is 17.3. The number of aliphatic hydroxyl groups is 12. The smallest absolute Gasteiger partial charge is 0.316 e. The molecule has 0 aromatic heterocycles. The van der Waals surface area contributed by atoms with Gasteiger partial charge in [-0.15, -0.1) is 0 Å². The van der Waals surface area contributed by atoms with Crippen molar-refractivity contribution >= 4 is 8.25 Å². The molecule has 21 atom stereocenters. The third-order valence-electron chi connectivity index (χ3n) is 9.53. The summed E-state index contributed by atoms with van der Waals surface area (Å²) in [5.41, 5.74) is 0. The van der Waals surface area contributed by atoms with Gasteiger partial charge in [0.2, 0.25) is 0 Å². The van der Waals surface area contributed by atoms with Crippen LogP contribution in [-0.4, -0.2) is 226 Å². The molecule has 4 aliphatic heterocycles. The van der Waals surface area contributed by atoms with Crippen LogP contribution in [0.1, 0.15) is 20.8 Å². The van der Waals surface area contributed by atoms with E-state index >= 15 is 0 Å². The van der Waals surface area contributed by atoms with Crippen LogP contribution in [0.15, 0.2) is 0 Å². The Balaban J connectivity index is 0. The van der Waals surface area contributed by atoms with Crippen LogP contribution in [0.3, 0.4) is 0 Å². The van der Waals surface area contributed by atoms with Crippen molar-refractivity contribution in [2.24, 2.45) is 17.8 Å². The monoisotopic (exact) mass is 1110 g/mol. The van der Waals surface area contributed by atoms with Gasteiger partial charge in [0.05, 0.1) is 44.7 Å². The molecule has 4 aliphatic rings. The molecule has 0 aromatic rings. The van der Waals surface area contributed by atoms with Gasteiger partial charge < -0.3 is 109 Å². The molecule has 0 spiro atoms. The van der Waals surface area contributed by atoms with E-state index in [1.54, 1.807) is 20.8 Å². The molecule has 1 radical (unpaired) electrons. The van der Waals surface area contributed by atoms with Crippen molar-refractivity contribution in [3.05, 3.63) is 0 Å². The summed E-state index contributed by atoms with van der Waals surface area (Å²) >= 11 is 0. The molecule has 21 unspecified atom stereocenters. The summed E-state index contributed by atoms with van der Waals surface area (Å²) in [6.45, 7) is 3.79. The Kier molecular flexibility index (Phi) is 32.0. The van der Waals surface area contributed by atoms with E-state index in [1.807, 2.05) is 0 Å². The molecule has 4 rings (SSSR count). The van der Waals surface area contributed by atoms with E-state index in [1.165, 1.54) is 28.4 Å². The Bertz CT molecular complexity index is 919. The topological polar surface area (TPSA) is 363 Å². The fraction of sp³-hybridized carbons (Fsp3) is 1.00. The maximum absolute atomic E-state index is 10.3. The zero-order chi connectivity index (χ0) is 42.3. The Morgan fingerprint density at radius 2 is 0.719 bits per heavy atom. The number of hydrogen-bond acceptors (Lipinski definition) is 22. The fourth-order valence-corrected chi connectivity index (χ4v) is 6.18. The molecule has 0 aromatic carbocycles. The van der Waals surface area contributed by atoms with Crippen LogP contribution >= 0.6 is 8.25 Å². The number of aliphatic hydroxyl groups excluding tert-OH is 12. The van der Waals surface area contributed by atoms with Crippen LogP contribution in [-0.2, 0) is 101 Å². The Morgan fingerprint density at radius 3 is 0.965 bits per heavy atom. The van der Waals surface area contributed by atoms with E-state index < -0.39 is 113 Å². The summed E-state index contributed by atoms with van der Waals surface area (Å²) in [5.74, 6) is -0.909. The van der Waals surface area contributed by atoms with E-state index in [2.05, 4.69) is 4.52 Å². The first-order valence-corrected chi connectivity index (χ1v) is 18.6. The molecule has 4 saturated heterocycles. The Labute approximate surface area is 371 Å². The second-order valence-corrected chi connectivity index (χ2v) is 14.1. The predicted octanol–water partition coefficient (Wildman–Crippen LogP) is -6.04. The van der Waals surface area contributed by atoms with Crippen LogP contribution in [0.2, 0.25) is 0 Å². The molecule has 4 heterocycles. The standard InChI is InChI=1S/3C8H16O5.C7H15O8P.W.Y/c3*1-4-6(10)7(11)5(3-9)13-8(4)12-2;1-13-7-6(10)5(9)4(8)3(15-7)2-14-16(11)12;;/h3*4-11H,3H2,1-2H3;3-10,16H,2H2,1H3,(H,11,12);;. The molecule has 4 fully saturated rings. The van der Waals surface area contributed by atoms with E-state index in [-0.39, 0.29) is 98.0 Å². The van der Waals surface area contributed by atoms with Crippen LogP contribution < -0.4 is 0 Å². The van der Waals surface area contributed by atoms with Crippen molar-refractivity contribution in [2.45, 2.75) is 125 Å². The Hall–Kier alpha value is 1.14. The average Bonchev–Trinajstić information content (AvgIpc) is 3.18. The first kappa shape index (κ1) is 60.2. The van der Waals surface area contributed by atoms with Crippen molar-refractivity contribution in [1.29, 1.82) is 0 Å². The van der Waals surface area contributed by atoms with Crippen molar-refractivity contribution in [3.8, 4) is 0 Å². The number of rotatable bonds is 10. The maximum atomic E-state index is 10.3. The van der Waals surface area contributed by atoms with Gasteiger partial charge in [0.1, 0.15) is 61.0 Å². The second-order valence-electron chi connectivity index (χ2n) is 13.2. The average molecular weight is 1110 g/mol. The summed E-state index contributed by atoms with van der Waals surface area (Å²) in [5, 5.41) is 112. The summed E-state index contributed by atoms with van der Waals surface area (Å²) in [4.78, 5) is 8.45. The largest absolute Gasteiger partial charge is 0.394 e. The van der Waals surface area contributed by atoms with E-state index in [0.717, 1.165) is 0 Å². The maximum Gasteiger partial charge on any atom is 0.316 e. The van der Waals surface area contributed by atoms with Crippen LogP contribution in [0.5, 0.6) is 0 Å². The van der Waals surface area contributed by atoms with Gasteiger partial charge in [0.15, 0.2) is 25.2 Å². The number of hydrogen-bond donors (Lipinski definition) is 13. The summed E-state index contributed by atoms with van der Waals surface area (Å²) in [6.07, 6.45) is -16.4. The minimum absolute atomic E-state index is 0. The quantitative estimate of drug-likeness (QED) is 0.0906. The van der Waals surface area contributed by atoms with Gasteiger partial charge in [-0.2, -0.15) is 0 Å². The molecule has 0 saturated carbocycles. The number of methoxy groups -OCH3 is 4. The fourth-order valence-electron chi connectivity index (χ4n) is 5.87. The van der Waals surface area contributed by atoms with E-state index in [0.29, 0.717) is 0 Å². The minimum Gasteiger partial charge on any atom is -0.394 e. The minimum atomic E-state index is -3.14. The zero-order valence-electron chi connectivity index (χ0n) is 32.8. The number of ether oxygens (including phenoxy) is 8. The van der Waals surface area contributed by atoms with Gasteiger partial charge >= 0.3 is 8.25 Å². The normalized spacial score (nSPS) is 43.5.